The predicted octanol–water partition coefficient (Wildman–Crippen LogP) is 1.34. The molecule has 0 aromatic carbocycles. The molecule has 0 bridgehead atoms. The zero-order valence-electron chi connectivity index (χ0n) is 9.27. The molecular weight excluding hydrogens is 192 g/mol. The van der Waals surface area contributed by atoms with E-state index in [0.29, 0.717) is 13.2 Å². The Labute approximate surface area is 90.4 Å². The maximum atomic E-state index is 5.58. The summed E-state index contributed by atoms with van der Waals surface area (Å²) in [7, 11) is 1.69. The molecule has 15 heavy (non-hydrogen) atoms. The fourth-order valence-electron chi connectivity index (χ4n) is 1.16. The molecule has 1 atom stereocenters. The van der Waals surface area contributed by atoms with Crippen molar-refractivity contribution in [3.63, 3.8) is 0 Å². The first-order valence-corrected chi connectivity index (χ1v) is 5.06. The summed E-state index contributed by atoms with van der Waals surface area (Å²) in [5.74, 6) is 0.767. The SMILES string of the molecule is COC(C)CCOc1cnccc1CN. The van der Waals surface area contributed by atoms with Gasteiger partial charge in [-0.25, -0.2) is 0 Å². The van der Waals surface area contributed by atoms with Gasteiger partial charge in [-0.05, 0) is 13.0 Å². The number of aromatic nitrogens is 1. The van der Waals surface area contributed by atoms with Gasteiger partial charge >= 0.3 is 0 Å². The standard InChI is InChI=1S/C11H18N2O2/c1-9(14-2)4-6-15-11-8-13-5-3-10(11)7-12/h3,5,8-9H,4,6-7,12H2,1-2H3. The maximum Gasteiger partial charge on any atom is 0.142 e. The van der Waals surface area contributed by atoms with E-state index in [1.807, 2.05) is 13.0 Å². The molecule has 4 nitrogen and oxygen atoms in total. The average molecular weight is 210 g/mol. The molecule has 0 saturated heterocycles. The summed E-state index contributed by atoms with van der Waals surface area (Å²) in [6.07, 6.45) is 4.48. The van der Waals surface area contributed by atoms with Crippen molar-refractivity contribution in [2.24, 2.45) is 5.73 Å². The Morgan fingerprint density at radius 2 is 2.33 bits per heavy atom. The zero-order valence-corrected chi connectivity index (χ0v) is 9.27. The number of nitrogens with zero attached hydrogens (tertiary/aromatic N) is 1. The van der Waals surface area contributed by atoms with Gasteiger partial charge in [-0.15, -0.1) is 0 Å². The van der Waals surface area contributed by atoms with Crippen LogP contribution in [0.3, 0.4) is 0 Å². The second-order valence-corrected chi connectivity index (χ2v) is 3.37. The Balaban J connectivity index is 2.43. The Hall–Kier alpha value is -1.13. The van der Waals surface area contributed by atoms with Crippen molar-refractivity contribution in [3.05, 3.63) is 24.0 Å². The Kier molecular flexibility index (Phi) is 5.07. The molecule has 0 aliphatic carbocycles. The lowest BCUT2D eigenvalue weighted by Gasteiger charge is -2.12. The first-order valence-electron chi connectivity index (χ1n) is 5.06. The molecule has 1 rings (SSSR count). The molecule has 1 heterocycles. The van der Waals surface area contributed by atoms with Crippen molar-refractivity contribution < 1.29 is 9.47 Å². The van der Waals surface area contributed by atoms with E-state index in [4.69, 9.17) is 15.2 Å². The van der Waals surface area contributed by atoms with Crippen molar-refractivity contribution in [1.82, 2.24) is 4.98 Å². The third-order valence-corrected chi connectivity index (χ3v) is 2.27. The smallest absolute Gasteiger partial charge is 0.142 e. The van der Waals surface area contributed by atoms with Crippen LogP contribution in [0, 0.1) is 0 Å². The van der Waals surface area contributed by atoms with Gasteiger partial charge in [-0.1, -0.05) is 0 Å². The number of nitrogens with two attached hydrogens (primary N) is 1. The highest BCUT2D eigenvalue weighted by Crippen LogP contribution is 2.15. The molecule has 4 heteroatoms. The normalized spacial score (nSPS) is 12.5. The van der Waals surface area contributed by atoms with Crippen molar-refractivity contribution in [3.8, 4) is 5.75 Å². The van der Waals surface area contributed by atoms with Crippen LogP contribution >= 0.6 is 0 Å². The minimum atomic E-state index is 0.211. The molecule has 0 spiro atoms. The quantitative estimate of drug-likeness (QED) is 0.770. The van der Waals surface area contributed by atoms with E-state index in [0.717, 1.165) is 17.7 Å². The summed E-state index contributed by atoms with van der Waals surface area (Å²) in [6.45, 7) is 3.10. The molecule has 1 unspecified atom stereocenters. The molecule has 1 aromatic heterocycles. The first kappa shape index (κ1) is 11.9. The lowest BCUT2D eigenvalue weighted by molar-refractivity contribution is 0.0953. The second kappa shape index (κ2) is 6.37. The number of methoxy groups -OCH3 is 1. The summed E-state index contributed by atoms with van der Waals surface area (Å²) in [5.41, 5.74) is 6.56. The highest BCUT2D eigenvalue weighted by molar-refractivity contribution is 5.29. The van der Waals surface area contributed by atoms with Gasteiger partial charge in [0.2, 0.25) is 0 Å². The van der Waals surface area contributed by atoms with Crippen molar-refractivity contribution in [2.45, 2.75) is 26.0 Å². The van der Waals surface area contributed by atoms with Crippen molar-refractivity contribution >= 4 is 0 Å². The van der Waals surface area contributed by atoms with Crippen LogP contribution in [0.25, 0.3) is 0 Å². The van der Waals surface area contributed by atoms with Gasteiger partial charge in [-0.3, -0.25) is 4.98 Å². The highest BCUT2D eigenvalue weighted by Gasteiger charge is 2.03. The summed E-state index contributed by atoms with van der Waals surface area (Å²) < 4.78 is 10.7. The molecule has 0 fully saturated rings. The van der Waals surface area contributed by atoms with E-state index >= 15 is 0 Å². The van der Waals surface area contributed by atoms with Crippen LogP contribution in [0.4, 0.5) is 0 Å². The first-order chi connectivity index (χ1) is 7.27. The Morgan fingerprint density at radius 3 is 3.00 bits per heavy atom. The van der Waals surface area contributed by atoms with E-state index in [-0.39, 0.29) is 6.10 Å². The molecule has 0 aliphatic heterocycles. The lowest BCUT2D eigenvalue weighted by atomic mass is 10.2. The number of rotatable bonds is 6. The van der Waals surface area contributed by atoms with Gasteiger partial charge in [0.15, 0.2) is 0 Å². The highest BCUT2D eigenvalue weighted by atomic mass is 16.5. The van der Waals surface area contributed by atoms with Crippen molar-refractivity contribution in [2.75, 3.05) is 13.7 Å². The Bertz CT molecular complexity index is 292. The van der Waals surface area contributed by atoms with Crippen molar-refractivity contribution in [1.29, 1.82) is 0 Å². The van der Waals surface area contributed by atoms with Gasteiger partial charge in [0.1, 0.15) is 5.75 Å². The van der Waals surface area contributed by atoms with E-state index in [2.05, 4.69) is 4.98 Å². The van der Waals surface area contributed by atoms with Gasteiger partial charge < -0.3 is 15.2 Å². The molecule has 1 aromatic rings. The molecule has 0 aliphatic rings. The minimum Gasteiger partial charge on any atom is -0.492 e. The number of hydrogen-bond donors (Lipinski definition) is 1. The van der Waals surface area contributed by atoms with Gasteiger partial charge in [-0.2, -0.15) is 0 Å². The summed E-state index contributed by atoms with van der Waals surface area (Å²) in [4.78, 5) is 4.00. The number of pyridine rings is 1. The molecule has 2 N–H and O–H groups in total. The number of ether oxygens (including phenoxy) is 2. The van der Waals surface area contributed by atoms with Crippen LogP contribution < -0.4 is 10.5 Å². The van der Waals surface area contributed by atoms with Crippen LogP contribution in [-0.4, -0.2) is 24.8 Å². The van der Waals surface area contributed by atoms with Crippen LogP contribution in [-0.2, 0) is 11.3 Å². The van der Waals surface area contributed by atoms with Gasteiger partial charge in [0.05, 0.1) is 18.9 Å². The van der Waals surface area contributed by atoms with Crippen LogP contribution in [0.1, 0.15) is 18.9 Å². The van der Waals surface area contributed by atoms with Crippen LogP contribution in [0.2, 0.25) is 0 Å². The van der Waals surface area contributed by atoms with Gasteiger partial charge in [0, 0.05) is 31.8 Å². The van der Waals surface area contributed by atoms with E-state index in [1.54, 1.807) is 19.5 Å². The number of hydrogen-bond acceptors (Lipinski definition) is 4. The predicted molar refractivity (Wildman–Crippen MR) is 58.7 cm³/mol. The summed E-state index contributed by atoms with van der Waals surface area (Å²) >= 11 is 0. The fourth-order valence-corrected chi connectivity index (χ4v) is 1.16. The zero-order chi connectivity index (χ0) is 11.1. The molecular formula is C11H18N2O2. The van der Waals surface area contributed by atoms with Crippen LogP contribution in [0.15, 0.2) is 18.5 Å². The second-order valence-electron chi connectivity index (χ2n) is 3.37. The molecule has 0 radical (unpaired) electrons. The van der Waals surface area contributed by atoms with E-state index in [1.165, 1.54) is 0 Å². The monoisotopic (exact) mass is 210 g/mol. The Morgan fingerprint density at radius 1 is 1.53 bits per heavy atom. The fraction of sp³-hybridized carbons (Fsp3) is 0.545. The van der Waals surface area contributed by atoms with E-state index in [9.17, 15) is 0 Å². The van der Waals surface area contributed by atoms with E-state index < -0.39 is 0 Å². The van der Waals surface area contributed by atoms with Crippen LogP contribution in [0.5, 0.6) is 5.75 Å². The summed E-state index contributed by atoms with van der Waals surface area (Å²) in [6, 6.07) is 1.87. The minimum absolute atomic E-state index is 0.211. The van der Waals surface area contributed by atoms with Gasteiger partial charge in [0.25, 0.3) is 0 Å². The third-order valence-electron chi connectivity index (χ3n) is 2.27. The molecule has 84 valence electrons. The molecule has 0 saturated carbocycles. The molecule has 0 amide bonds. The summed E-state index contributed by atoms with van der Waals surface area (Å²) in [5, 5.41) is 0. The average Bonchev–Trinajstić information content (AvgIpc) is 2.29. The largest absolute Gasteiger partial charge is 0.492 e. The topological polar surface area (TPSA) is 57.4 Å². The maximum absolute atomic E-state index is 5.58. The third kappa shape index (κ3) is 3.85. The lowest BCUT2D eigenvalue weighted by Crippen LogP contribution is -2.11.